The monoisotopic (exact) mass is 722 g/mol. The topological polar surface area (TPSA) is 180 Å². The van der Waals surface area contributed by atoms with Crippen molar-refractivity contribution in [2.75, 3.05) is 13.1 Å². The number of ether oxygens (including phenoxy) is 2. The Kier molecular flexibility index (Phi) is 11.0. The third-order valence-corrected chi connectivity index (χ3v) is 10.6. The molecule has 0 aliphatic carbocycles. The maximum absolute atomic E-state index is 14.7. The first-order valence-corrected chi connectivity index (χ1v) is 18.0. The van der Waals surface area contributed by atoms with E-state index in [2.05, 4.69) is 9.97 Å². The fraction of sp³-hybridized carbons (Fsp3) is 0.500. The summed E-state index contributed by atoms with van der Waals surface area (Å²) in [6.45, 7) is 6.89. The van der Waals surface area contributed by atoms with E-state index in [4.69, 9.17) is 20.9 Å². The zero-order valence-electron chi connectivity index (χ0n) is 30.0. The number of esters is 2. The number of aliphatic hydroxyl groups is 1. The van der Waals surface area contributed by atoms with Crippen molar-refractivity contribution in [3.05, 3.63) is 59.2 Å². The fourth-order valence-corrected chi connectivity index (χ4v) is 8.02. The summed E-state index contributed by atoms with van der Waals surface area (Å²) in [5.41, 5.74) is 16.4. The molecule has 52 heavy (non-hydrogen) atoms. The van der Waals surface area contributed by atoms with Crippen LogP contribution in [-0.4, -0.2) is 98.4 Å². The number of hydrogen-bond acceptors (Lipinski definition) is 9. The van der Waals surface area contributed by atoms with Crippen LogP contribution >= 0.6 is 0 Å². The number of aromatic nitrogens is 2. The van der Waals surface area contributed by atoms with E-state index in [0.29, 0.717) is 60.9 Å². The second-order valence-electron chi connectivity index (χ2n) is 14.2. The predicted molar refractivity (Wildman–Crippen MR) is 192 cm³/mol. The maximum Gasteiger partial charge on any atom is 0.302 e. The SMILES string of the molecule is CCC(N)C(=O)N1CC(OC(C)=O)CC1Cc1c(-c2[nH]c3cc(F)ccc3c2CC2CC(OC(C)=O)CN2C(O)C(N)CC)[nH]c2cc(F)ccc12. The molecule has 2 aromatic carbocycles. The quantitative estimate of drug-likeness (QED) is 0.135. The molecule has 4 aromatic rings. The molecule has 0 radical (unpaired) electrons. The minimum Gasteiger partial charge on any atom is -0.461 e. The lowest BCUT2D eigenvalue weighted by molar-refractivity contribution is -0.147. The number of nitrogens with two attached hydrogens (primary N) is 2. The fourth-order valence-electron chi connectivity index (χ4n) is 8.02. The second kappa shape index (κ2) is 15.3. The molecule has 7 atom stereocenters. The van der Waals surface area contributed by atoms with Crippen LogP contribution in [0.5, 0.6) is 0 Å². The van der Waals surface area contributed by atoms with Crippen molar-refractivity contribution in [3.8, 4) is 11.4 Å². The Balaban J connectivity index is 1.47. The number of amides is 1. The van der Waals surface area contributed by atoms with Gasteiger partial charge in [0.2, 0.25) is 5.91 Å². The van der Waals surface area contributed by atoms with Crippen molar-refractivity contribution < 1.29 is 37.7 Å². The van der Waals surface area contributed by atoms with Crippen LogP contribution in [0.3, 0.4) is 0 Å². The van der Waals surface area contributed by atoms with E-state index in [1.807, 2.05) is 18.7 Å². The molecule has 2 saturated heterocycles. The van der Waals surface area contributed by atoms with Crippen LogP contribution in [0.15, 0.2) is 36.4 Å². The zero-order valence-corrected chi connectivity index (χ0v) is 30.0. The molecule has 0 saturated carbocycles. The van der Waals surface area contributed by atoms with Gasteiger partial charge in [0.1, 0.15) is 30.1 Å². The number of carbonyl (C=O) groups is 3. The van der Waals surface area contributed by atoms with E-state index >= 15 is 0 Å². The molecule has 0 bridgehead atoms. The highest BCUT2D eigenvalue weighted by molar-refractivity contribution is 5.96. The number of H-pyrrole nitrogens is 2. The van der Waals surface area contributed by atoms with Gasteiger partial charge in [-0.3, -0.25) is 19.3 Å². The molecule has 14 heteroatoms. The summed E-state index contributed by atoms with van der Waals surface area (Å²) in [5.74, 6) is -1.99. The first kappa shape index (κ1) is 37.4. The highest BCUT2D eigenvalue weighted by Crippen LogP contribution is 2.40. The zero-order chi connectivity index (χ0) is 37.4. The minimum absolute atomic E-state index is 0.198. The Bertz CT molecular complexity index is 1960. The summed E-state index contributed by atoms with van der Waals surface area (Å²) < 4.78 is 40.6. The number of halogens is 2. The van der Waals surface area contributed by atoms with E-state index in [-0.39, 0.29) is 25.0 Å². The van der Waals surface area contributed by atoms with Crippen LogP contribution in [-0.2, 0) is 36.7 Å². The Morgan fingerprint density at radius 1 is 0.827 bits per heavy atom. The molecule has 4 heterocycles. The van der Waals surface area contributed by atoms with Gasteiger partial charge in [0.05, 0.1) is 24.0 Å². The van der Waals surface area contributed by atoms with Crippen LogP contribution < -0.4 is 11.5 Å². The van der Waals surface area contributed by atoms with Crippen LogP contribution in [0, 0.1) is 11.6 Å². The molecule has 2 aromatic heterocycles. The molecule has 2 aliphatic heterocycles. The van der Waals surface area contributed by atoms with E-state index in [1.165, 1.54) is 38.1 Å². The molecule has 1 amide bonds. The van der Waals surface area contributed by atoms with Gasteiger partial charge in [-0.1, -0.05) is 13.8 Å². The number of aromatic amines is 2. The molecule has 2 fully saturated rings. The van der Waals surface area contributed by atoms with Gasteiger partial charge in [0, 0.05) is 73.2 Å². The van der Waals surface area contributed by atoms with Crippen molar-refractivity contribution in [3.63, 3.8) is 0 Å². The van der Waals surface area contributed by atoms with E-state index in [1.54, 1.807) is 17.0 Å². The van der Waals surface area contributed by atoms with E-state index < -0.39 is 60.1 Å². The first-order chi connectivity index (χ1) is 24.8. The number of hydrogen-bond donors (Lipinski definition) is 5. The third-order valence-electron chi connectivity index (χ3n) is 10.6. The lowest BCUT2D eigenvalue weighted by Crippen LogP contribution is -2.50. The minimum atomic E-state index is -1.00. The standard InChI is InChI=1S/C38H48F2N6O6/c1-5-31(41)37(49)45-17-25(51-19(3)47)13-23(45)15-29-27-9-7-21(39)11-33(27)43-35(29)36-30(28-10-8-22(40)12-34(28)44-36)16-24-14-26(52-20(4)48)18-46(24)38(50)32(42)6-2/h7-12,23-26,31-32,37,43-44,49H,5-6,13-18,41-42H2,1-4H3. The van der Waals surface area contributed by atoms with Gasteiger partial charge in [-0.05, 0) is 73.2 Å². The lowest BCUT2D eigenvalue weighted by atomic mass is 9.94. The van der Waals surface area contributed by atoms with Gasteiger partial charge in [0.15, 0.2) is 0 Å². The Labute approximate surface area is 300 Å². The molecule has 7 N–H and O–H groups in total. The van der Waals surface area contributed by atoms with Crippen molar-refractivity contribution in [2.24, 2.45) is 11.5 Å². The molecule has 280 valence electrons. The summed E-state index contributed by atoms with van der Waals surface area (Å²) in [4.78, 5) is 47.9. The molecule has 6 rings (SSSR count). The summed E-state index contributed by atoms with van der Waals surface area (Å²) >= 11 is 0. The largest absolute Gasteiger partial charge is 0.461 e. The molecular formula is C38H48F2N6O6. The number of rotatable bonds is 12. The number of aliphatic hydroxyl groups excluding tert-OH is 1. The van der Waals surface area contributed by atoms with Crippen molar-refractivity contribution in [1.29, 1.82) is 0 Å². The van der Waals surface area contributed by atoms with Gasteiger partial charge in [-0.25, -0.2) is 8.78 Å². The van der Waals surface area contributed by atoms with Gasteiger partial charge in [-0.2, -0.15) is 0 Å². The highest BCUT2D eigenvalue weighted by atomic mass is 19.1. The van der Waals surface area contributed by atoms with Gasteiger partial charge >= 0.3 is 11.9 Å². The number of nitrogens with one attached hydrogen (secondary N) is 2. The Hall–Kier alpha value is -4.37. The predicted octanol–water partition coefficient (Wildman–Crippen LogP) is 4.01. The lowest BCUT2D eigenvalue weighted by Gasteiger charge is -2.32. The van der Waals surface area contributed by atoms with Crippen LogP contribution in [0.25, 0.3) is 33.2 Å². The number of carbonyl (C=O) groups excluding carboxylic acids is 3. The van der Waals surface area contributed by atoms with Crippen LogP contribution in [0.1, 0.15) is 64.5 Å². The average Bonchev–Trinajstić information content (AvgIpc) is 3.86. The van der Waals surface area contributed by atoms with Crippen molar-refractivity contribution in [1.82, 2.24) is 19.8 Å². The smallest absolute Gasteiger partial charge is 0.302 e. The Morgan fingerprint density at radius 3 is 1.83 bits per heavy atom. The summed E-state index contributed by atoms with van der Waals surface area (Å²) in [7, 11) is 0. The number of nitrogens with zero attached hydrogens (tertiary/aromatic N) is 2. The highest BCUT2D eigenvalue weighted by Gasteiger charge is 2.41. The van der Waals surface area contributed by atoms with Gasteiger partial charge < -0.3 is 40.9 Å². The van der Waals surface area contributed by atoms with Gasteiger partial charge in [-0.15, -0.1) is 0 Å². The summed E-state index contributed by atoms with van der Waals surface area (Å²) in [6.07, 6.45) is 0.458. The third kappa shape index (κ3) is 7.56. The van der Waals surface area contributed by atoms with Crippen LogP contribution in [0.2, 0.25) is 0 Å². The summed E-state index contributed by atoms with van der Waals surface area (Å²) in [5, 5.41) is 12.8. The molecule has 12 nitrogen and oxygen atoms in total. The maximum atomic E-state index is 14.7. The number of benzene rings is 2. The molecule has 7 unspecified atom stereocenters. The number of likely N-dealkylation sites (tertiary alicyclic amines) is 2. The normalized spacial score (nSPS) is 22.6. The second-order valence-corrected chi connectivity index (χ2v) is 14.2. The number of fused-ring (bicyclic) bond motifs is 2. The van der Waals surface area contributed by atoms with Crippen molar-refractivity contribution in [2.45, 2.75) is 109 Å². The van der Waals surface area contributed by atoms with Gasteiger partial charge in [0.25, 0.3) is 0 Å². The first-order valence-electron chi connectivity index (χ1n) is 18.0. The van der Waals surface area contributed by atoms with Crippen molar-refractivity contribution >= 4 is 39.7 Å². The molecular weight excluding hydrogens is 674 g/mol. The average molecular weight is 723 g/mol. The molecule has 2 aliphatic rings. The van der Waals surface area contributed by atoms with Crippen LogP contribution in [0.4, 0.5) is 8.78 Å². The summed E-state index contributed by atoms with van der Waals surface area (Å²) in [6, 6.07) is 6.98. The Morgan fingerprint density at radius 2 is 1.33 bits per heavy atom. The van der Waals surface area contributed by atoms with E-state index in [0.717, 1.165) is 21.9 Å². The van der Waals surface area contributed by atoms with E-state index in [9.17, 15) is 28.3 Å². The molecule has 0 spiro atoms.